The SMILES string of the molecule is CCN(C(=O)c1ccnc(N(CC)C2CCS(=O)(=O)C2)n1)c1ccccc1. The van der Waals surface area contributed by atoms with Crippen molar-refractivity contribution in [1.29, 1.82) is 0 Å². The molecule has 0 saturated carbocycles. The molecule has 0 spiro atoms. The van der Waals surface area contributed by atoms with Crippen LogP contribution in [0.25, 0.3) is 0 Å². The van der Waals surface area contributed by atoms with Crippen LogP contribution in [-0.4, -0.2) is 54.9 Å². The van der Waals surface area contributed by atoms with Gasteiger partial charge < -0.3 is 9.80 Å². The highest BCUT2D eigenvalue weighted by Crippen LogP contribution is 2.22. The number of amides is 1. The van der Waals surface area contributed by atoms with Gasteiger partial charge in [0.2, 0.25) is 5.95 Å². The Kier molecular flexibility index (Phi) is 5.74. The quantitative estimate of drug-likeness (QED) is 0.754. The molecule has 0 aliphatic carbocycles. The molecule has 1 aliphatic heterocycles. The maximum atomic E-state index is 13.0. The number of benzene rings is 1. The molecule has 8 heteroatoms. The molecular formula is C19H24N4O3S. The second-order valence-electron chi connectivity index (χ2n) is 6.47. The zero-order valence-corrected chi connectivity index (χ0v) is 16.4. The first-order valence-electron chi connectivity index (χ1n) is 9.12. The maximum absolute atomic E-state index is 13.0. The molecule has 1 amide bonds. The molecular weight excluding hydrogens is 364 g/mol. The van der Waals surface area contributed by atoms with Gasteiger partial charge in [-0.15, -0.1) is 0 Å². The van der Waals surface area contributed by atoms with Crippen LogP contribution in [-0.2, 0) is 9.84 Å². The van der Waals surface area contributed by atoms with Gasteiger partial charge in [0.25, 0.3) is 5.91 Å². The van der Waals surface area contributed by atoms with Crippen LogP contribution in [0.4, 0.5) is 11.6 Å². The van der Waals surface area contributed by atoms with Crippen LogP contribution in [0.2, 0.25) is 0 Å². The van der Waals surface area contributed by atoms with Crippen LogP contribution in [0.15, 0.2) is 42.6 Å². The summed E-state index contributed by atoms with van der Waals surface area (Å²) in [6.45, 7) is 4.94. The molecule has 1 aromatic carbocycles. The second kappa shape index (κ2) is 8.04. The van der Waals surface area contributed by atoms with E-state index in [1.807, 2.05) is 49.1 Å². The number of rotatable bonds is 6. The Morgan fingerprint density at radius 1 is 1.15 bits per heavy atom. The standard InChI is InChI=1S/C19H24N4O3S/c1-3-22(15-8-6-5-7-9-15)18(24)17-10-12-20-19(21-17)23(4-2)16-11-13-27(25,26)14-16/h5-10,12,16H,3-4,11,13-14H2,1-2H3. The Balaban J connectivity index is 1.87. The van der Waals surface area contributed by atoms with Gasteiger partial charge in [0, 0.05) is 31.0 Å². The topological polar surface area (TPSA) is 83.5 Å². The van der Waals surface area contributed by atoms with Gasteiger partial charge in [0.1, 0.15) is 5.69 Å². The molecule has 2 aromatic rings. The van der Waals surface area contributed by atoms with Gasteiger partial charge in [-0.25, -0.2) is 18.4 Å². The maximum Gasteiger partial charge on any atom is 0.277 e. The third-order valence-corrected chi connectivity index (χ3v) is 6.49. The average Bonchev–Trinajstić information content (AvgIpc) is 3.03. The molecule has 0 N–H and O–H groups in total. The van der Waals surface area contributed by atoms with Gasteiger partial charge in [-0.3, -0.25) is 4.79 Å². The number of anilines is 2. The Morgan fingerprint density at radius 2 is 1.89 bits per heavy atom. The fourth-order valence-electron chi connectivity index (χ4n) is 3.38. The van der Waals surface area contributed by atoms with E-state index >= 15 is 0 Å². The van der Waals surface area contributed by atoms with Crippen molar-refractivity contribution in [3.8, 4) is 0 Å². The molecule has 1 aromatic heterocycles. The van der Waals surface area contributed by atoms with E-state index in [0.717, 1.165) is 5.69 Å². The highest BCUT2D eigenvalue weighted by atomic mass is 32.2. The molecule has 0 radical (unpaired) electrons. The summed E-state index contributed by atoms with van der Waals surface area (Å²) in [6, 6.07) is 10.9. The first kappa shape index (κ1) is 19.3. The highest BCUT2D eigenvalue weighted by Gasteiger charge is 2.33. The van der Waals surface area contributed by atoms with Crippen LogP contribution >= 0.6 is 0 Å². The van der Waals surface area contributed by atoms with Crippen molar-refractivity contribution in [1.82, 2.24) is 9.97 Å². The van der Waals surface area contributed by atoms with E-state index in [-0.39, 0.29) is 23.5 Å². The number of carbonyl (C=O) groups excluding carboxylic acids is 1. The number of sulfone groups is 1. The Bertz CT molecular complexity index is 902. The lowest BCUT2D eigenvalue weighted by atomic mass is 10.2. The fraction of sp³-hybridized carbons (Fsp3) is 0.421. The highest BCUT2D eigenvalue weighted by molar-refractivity contribution is 7.91. The normalized spacial score (nSPS) is 18.2. The molecule has 27 heavy (non-hydrogen) atoms. The second-order valence-corrected chi connectivity index (χ2v) is 8.70. The number of carbonyl (C=O) groups is 1. The lowest BCUT2D eigenvalue weighted by molar-refractivity contribution is 0.0983. The van der Waals surface area contributed by atoms with Crippen molar-refractivity contribution < 1.29 is 13.2 Å². The smallest absolute Gasteiger partial charge is 0.277 e. The van der Waals surface area contributed by atoms with E-state index in [1.165, 1.54) is 0 Å². The summed E-state index contributed by atoms with van der Waals surface area (Å²) in [6.07, 6.45) is 2.11. The first-order valence-corrected chi connectivity index (χ1v) is 10.9. The molecule has 1 aliphatic rings. The molecule has 1 atom stereocenters. The minimum Gasteiger partial charge on any atom is -0.337 e. The van der Waals surface area contributed by atoms with Gasteiger partial charge >= 0.3 is 0 Å². The van der Waals surface area contributed by atoms with Gasteiger partial charge in [0.15, 0.2) is 9.84 Å². The van der Waals surface area contributed by atoms with Gasteiger partial charge in [-0.05, 0) is 38.5 Å². The summed E-state index contributed by atoms with van der Waals surface area (Å²) < 4.78 is 23.6. The lowest BCUT2D eigenvalue weighted by Crippen LogP contribution is -2.38. The Hall–Kier alpha value is -2.48. The minimum atomic E-state index is -3.01. The summed E-state index contributed by atoms with van der Waals surface area (Å²) in [4.78, 5) is 25.3. The van der Waals surface area contributed by atoms with Crippen LogP contribution in [0.5, 0.6) is 0 Å². The molecule has 1 unspecified atom stereocenters. The largest absolute Gasteiger partial charge is 0.337 e. The Labute approximate surface area is 160 Å². The molecule has 1 saturated heterocycles. The summed E-state index contributed by atoms with van der Waals surface area (Å²) in [5.41, 5.74) is 1.10. The van der Waals surface area contributed by atoms with E-state index in [4.69, 9.17) is 0 Å². The molecule has 1 fully saturated rings. The minimum absolute atomic E-state index is 0.105. The Morgan fingerprint density at radius 3 is 2.48 bits per heavy atom. The van der Waals surface area contributed by atoms with Crippen molar-refractivity contribution in [3.63, 3.8) is 0 Å². The van der Waals surface area contributed by atoms with Crippen LogP contribution in [0.1, 0.15) is 30.8 Å². The van der Waals surface area contributed by atoms with Gasteiger partial charge in [-0.2, -0.15) is 0 Å². The van der Waals surface area contributed by atoms with Crippen molar-refractivity contribution in [3.05, 3.63) is 48.3 Å². The van der Waals surface area contributed by atoms with E-state index in [2.05, 4.69) is 9.97 Å². The zero-order chi connectivity index (χ0) is 19.4. The summed E-state index contributed by atoms with van der Waals surface area (Å²) in [5.74, 6) is 0.481. The van der Waals surface area contributed by atoms with Crippen molar-refractivity contribution in [2.24, 2.45) is 0 Å². The van der Waals surface area contributed by atoms with E-state index < -0.39 is 9.84 Å². The molecule has 7 nitrogen and oxygen atoms in total. The van der Waals surface area contributed by atoms with Crippen molar-refractivity contribution >= 4 is 27.4 Å². The fourth-order valence-corrected chi connectivity index (χ4v) is 5.11. The van der Waals surface area contributed by atoms with E-state index in [1.54, 1.807) is 17.2 Å². The number of nitrogens with zero attached hydrogens (tertiary/aromatic N) is 4. The molecule has 3 rings (SSSR count). The lowest BCUT2D eigenvalue weighted by Gasteiger charge is -2.27. The predicted octanol–water partition coefficient (Wildman–Crippen LogP) is 2.16. The number of para-hydroxylation sites is 1. The van der Waals surface area contributed by atoms with Crippen LogP contribution in [0.3, 0.4) is 0 Å². The van der Waals surface area contributed by atoms with Crippen LogP contribution < -0.4 is 9.80 Å². The summed E-state index contributed by atoms with van der Waals surface area (Å²) >= 11 is 0. The first-order chi connectivity index (χ1) is 12.9. The van der Waals surface area contributed by atoms with E-state index in [9.17, 15) is 13.2 Å². The third-order valence-electron chi connectivity index (χ3n) is 4.74. The van der Waals surface area contributed by atoms with Crippen molar-refractivity contribution in [2.75, 3.05) is 34.4 Å². The molecule has 144 valence electrons. The number of hydrogen-bond donors (Lipinski definition) is 0. The number of hydrogen-bond acceptors (Lipinski definition) is 6. The third kappa shape index (κ3) is 4.27. The van der Waals surface area contributed by atoms with Crippen LogP contribution in [0, 0.1) is 0 Å². The average molecular weight is 388 g/mol. The monoisotopic (exact) mass is 388 g/mol. The van der Waals surface area contributed by atoms with Crippen molar-refractivity contribution in [2.45, 2.75) is 26.3 Å². The van der Waals surface area contributed by atoms with E-state index in [0.29, 0.717) is 31.2 Å². The number of aromatic nitrogens is 2. The zero-order valence-electron chi connectivity index (χ0n) is 15.6. The van der Waals surface area contributed by atoms with Gasteiger partial charge in [0.05, 0.1) is 11.5 Å². The predicted molar refractivity (Wildman–Crippen MR) is 106 cm³/mol. The summed E-state index contributed by atoms with van der Waals surface area (Å²) in [7, 11) is -3.01. The molecule has 2 heterocycles. The summed E-state index contributed by atoms with van der Waals surface area (Å²) in [5, 5.41) is 0. The van der Waals surface area contributed by atoms with Gasteiger partial charge in [-0.1, -0.05) is 18.2 Å². The molecule has 0 bridgehead atoms.